The van der Waals surface area contributed by atoms with E-state index in [0.717, 1.165) is 30.7 Å². The number of aryl methyl sites for hydroxylation is 1. The lowest BCUT2D eigenvalue weighted by molar-refractivity contribution is 0.363. The molecular weight excluding hydrogens is 240 g/mol. The Morgan fingerprint density at radius 1 is 1.47 bits per heavy atom. The lowest BCUT2D eigenvalue weighted by atomic mass is 10.2. The van der Waals surface area contributed by atoms with Gasteiger partial charge in [-0.15, -0.1) is 0 Å². The van der Waals surface area contributed by atoms with E-state index in [9.17, 15) is 4.79 Å². The van der Waals surface area contributed by atoms with Crippen molar-refractivity contribution in [1.29, 1.82) is 0 Å². The van der Waals surface area contributed by atoms with Crippen molar-refractivity contribution in [3.8, 4) is 5.75 Å². The molecule has 3 rings (SSSR count). The maximum absolute atomic E-state index is 12.4. The Hall–Kier alpha value is -2.10. The molecule has 0 unspecified atom stereocenters. The van der Waals surface area contributed by atoms with Gasteiger partial charge in [0.05, 0.1) is 10.9 Å². The highest BCUT2D eigenvalue weighted by molar-refractivity contribution is 5.79. The highest BCUT2D eigenvalue weighted by Gasteiger charge is 2.16. The van der Waals surface area contributed by atoms with Gasteiger partial charge in [0.2, 0.25) is 0 Å². The molecule has 0 saturated carbocycles. The molecule has 1 aromatic carbocycles. The molecule has 0 N–H and O–H groups in total. The molecule has 0 fully saturated rings. The lowest BCUT2D eigenvalue weighted by Crippen LogP contribution is -2.20. The minimum atomic E-state index is 0.0500. The number of aromatic nitrogens is 2. The molecule has 4 nitrogen and oxygen atoms in total. The summed E-state index contributed by atoms with van der Waals surface area (Å²) in [5.41, 5.74) is 0.811. The minimum absolute atomic E-state index is 0.0500. The van der Waals surface area contributed by atoms with Crippen LogP contribution in [0.25, 0.3) is 10.9 Å². The zero-order valence-electron chi connectivity index (χ0n) is 10.9. The van der Waals surface area contributed by atoms with Crippen LogP contribution in [0.1, 0.15) is 19.2 Å². The molecule has 2 heterocycles. The average Bonchev–Trinajstić information content (AvgIpc) is 2.88. The van der Waals surface area contributed by atoms with E-state index in [0.29, 0.717) is 17.7 Å². The molecule has 2 aromatic rings. The number of fused-ring (bicyclic) bond motifs is 2. The normalized spacial score (nSPS) is 14.2. The fourth-order valence-electron chi connectivity index (χ4n) is 2.39. The summed E-state index contributed by atoms with van der Waals surface area (Å²) >= 11 is 0. The number of hydrogen-bond donors (Lipinski definition) is 0. The topological polar surface area (TPSA) is 44.1 Å². The van der Waals surface area contributed by atoms with Gasteiger partial charge in [0.15, 0.2) is 0 Å². The summed E-state index contributed by atoms with van der Waals surface area (Å²) in [6, 6.07) is 5.52. The molecule has 0 spiro atoms. The first-order valence-electron chi connectivity index (χ1n) is 6.57. The summed E-state index contributed by atoms with van der Waals surface area (Å²) < 4.78 is 7.34. The molecule has 4 heteroatoms. The average molecular weight is 256 g/mol. The predicted molar refractivity (Wildman–Crippen MR) is 74.6 cm³/mol. The van der Waals surface area contributed by atoms with Crippen molar-refractivity contribution < 1.29 is 4.74 Å². The zero-order chi connectivity index (χ0) is 13.2. The van der Waals surface area contributed by atoms with Crippen LogP contribution in [0.4, 0.5) is 0 Å². The van der Waals surface area contributed by atoms with Crippen LogP contribution in [0.2, 0.25) is 0 Å². The molecule has 98 valence electrons. The number of ether oxygens (including phenoxy) is 1. The summed E-state index contributed by atoms with van der Waals surface area (Å²) in [5, 5.41) is 0.642. The van der Waals surface area contributed by atoms with Crippen molar-refractivity contribution in [3.05, 3.63) is 46.5 Å². The van der Waals surface area contributed by atoms with Crippen LogP contribution in [-0.4, -0.2) is 16.2 Å². The fraction of sp³-hybridized carbons (Fsp3) is 0.333. The van der Waals surface area contributed by atoms with Crippen molar-refractivity contribution in [1.82, 2.24) is 9.55 Å². The minimum Gasteiger partial charge on any atom is -0.490 e. The van der Waals surface area contributed by atoms with Crippen LogP contribution in [0, 0.1) is 0 Å². The third kappa shape index (κ3) is 2.14. The summed E-state index contributed by atoms with van der Waals surface area (Å²) in [6.45, 7) is 3.24. The summed E-state index contributed by atoms with van der Waals surface area (Å²) in [4.78, 5) is 16.9. The van der Waals surface area contributed by atoms with Gasteiger partial charge in [-0.1, -0.05) is 12.2 Å². The zero-order valence-corrected chi connectivity index (χ0v) is 10.9. The maximum Gasteiger partial charge on any atom is 0.261 e. The first kappa shape index (κ1) is 12.0. The van der Waals surface area contributed by atoms with Gasteiger partial charge in [0.25, 0.3) is 5.56 Å². The molecule has 0 radical (unpaired) electrons. The van der Waals surface area contributed by atoms with Crippen molar-refractivity contribution in [2.75, 3.05) is 6.61 Å². The first-order chi connectivity index (χ1) is 9.29. The van der Waals surface area contributed by atoms with Crippen molar-refractivity contribution in [3.63, 3.8) is 0 Å². The van der Waals surface area contributed by atoms with E-state index in [1.807, 2.05) is 31.2 Å². The molecule has 0 bridgehead atoms. The fourth-order valence-corrected chi connectivity index (χ4v) is 2.39. The van der Waals surface area contributed by atoms with Gasteiger partial charge < -0.3 is 4.74 Å². The van der Waals surface area contributed by atoms with Crippen LogP contribution in [0.3, 0.4) is 0 Å². The molecule has 1 aromatic heterocycles. The summed E-state index contributed by atoms with van der Waals surface area (Å²) in [5.74, 6) is 1.61. The highest BCUT2D eigenvalue weighted by Crippen LogP contribution is 2.19. The van der Waals surface area contributed by atoms with Crippen LogP contribution in [0.5, 0.6) is 5.75 Å². The van der Waals surface area contributed by atoms with Gasteiger partial charge in [0.1, 0.15) is 18.2 Å². The smallest absolute Gasteiger partial charge is 0.261 e. The number of nitrogens with zero attached hydrogens (tertiary/aromatic N) is 2. The third-order valence-electron chi connectivity index (χ3n) is 3.37. The van der Waals surface area contributed by atoms with Crippen LogP contribution >= 0.6 is 0 Å². The largest absolute Gasteiger partial charge is 0.490 e. The molecular formula is C15H16N2O2. The van der Waals surface area contributed by atoms with Crippen molar-refractivity contribution in [2.45, 2.75) is 26.3 Å². The van der Waals surface area contributed by atoms with Crippen LogP contribution < -0.4 is 10.3 Å². The Balaban J connectivity index is 2.05. The molecule has 0 saturated heterocycles. The highest BCUT2D eigenvalue weighted by atomic mass is 16.5. The Labute approximate surface area is 111 Å². The molecule has 0 aliphatic carbocycles. The molecule has 1 aliphatic heterocycles. The van der Waals surface area contributed by atoms with E-state index >= 15 is 0 Å². The quantitative estimate of drug-likeness (QED) is 0.791. The summed E-state index contributed by atoms with van der Waals surface area (Å²) in [7, 11) is 0. The van der Waals surface area contributed by atoms with Gasteiger partial charge in [0, 0.05) is 13.0 Å². The standard InChI is InChI=1S/C15H16N2O2/c1-2-3-9-19-11-6-7-13-12(10-11)15(18)17-8-4-5-14(17)16-13/h2-3,6-7,10H,4-5,8-9H2,1H3. The van der Waals surface area contributed by atoms with E-state index in [2.05, 4.69) is 4.98 Å². The number of hydrogen-bond acceptors (Lipinski definition) is 3. The van der Waals surface area contributed by atoms with E-state index in [-0.39, 0.29) is 5.56 Å². The van der Waals surface area contributed by atoms with Gasteiger partial charge >= 0.3 is 0 Å². The first-order valence-corrected chi connectivity index (χ1v) is 6.57. The molecule has 0 amide bonds. The second kappa shape index (κ2) is 4.88. The third-order valence-corrected chi connectivity index (χ3v) is 3.37. The Bertz CT molecular complexity index is 701. The lowest BCUT2D eigenvalue weighted by Gasteiger charge is -2.07. The van der Waals surface area contributed by atoms with E-state index in [1.165, 1.54) is 0 Å². The molecule has 19 heavy (non-hydrogen) atoms. The summed E-state index contributed by atoms with van der Waals surface area (Å²) in [6.07, 6.45) is 5.76. The van der Waals surface area contributed by atoms with Crippen molar-refractivity contribution >= 4 is 10.9 Å². The predicted octanol–water partition coefficient (Wildman–Crippen LogP) is 2.30. The van der Waals surface area contributed by atoms with E-state index < -0.39 is 0 Å². The van der Waals surface area contributed by atoms with Crippen LogP contribution in [0.15, 0.2) is 35.1 Å². The van der Waals surface area contributed by atoms with Crippen LogP contribution in [-0.2, 0) is 13.0 Å². The second-order valence-corrected chi connectivity index (χ2v) is 4.65. The molecule has 0 atom stereocenters. The monoisotopic (exact) mass is 256 g/mol. The molecule has 1 aliphatic rings. The van der Waals surface area contributed by atoms with Crippen molar-refractivity contribution in [2.24, 2.45) is 0 Å². The number of rotatable bonds is 3. The second-order valence-electron chi connectivity index (χ2n) is 4.65. The Kier molecular flexibility index (Phi) is 3.07. The van der Waals surface area contributed by atoms with E-state index in [4.69, 9.17) is 4.74 Å². The SMILES string of the molecule is CC=CCOc1ccc2nc3n(c(=O)c2c1)CCC3. The van der Waals surface area contributed by atoms with E-state index in [1.54, 1.807) is 10.6 Å². The van der Waals surface area contributed by atoms with Gasteiger partial charge in [-0.3, -0.25) is 9.36 Å². The maximum atomic E-state index is 12.4. The Morgan fingerprint density at radius 2 is 2.37 bits per heavy atom. The Morgan fingerprint density at radius 3 is 3.21 bits per heavy atom. The van der Waals surface area contributed by atoms with Gasteiger partial charge in [-0.05, 0) is 31.5 Å². The number of benzene rings is 1. The van der Waals surface area contributed by atoms with Gasteiger partial charge in [-0.2, -0.15) is 0 Å². The number of allylic oxidation sites excluding steroid dienone is 1. The van der Waals surface area contributed by atoms with Gasteiger partial charge in [-0.25, -0.2) is 4.98 Å².